The number of amides is 1. The van der Waals surface area contributed by atoms with Crippen molar-refractivity contribution >= 4 is 54.3 Å². The summed E-state index contributed by atoms with van der Waals surface area (Å²) in [6.07, 6.45) is 1.24. The Balaban J connectivity index is 1.58. The molecule has 1 atom stereocenters. The van der Waals surface area contributed by atoms with Gasteiger partial charge in [-0.05, 0) is 55.0 Å². The van der Waals surface area contributed by atoms with Gasteiger partial charge in [0.25, 0.3) is 5.91 Å². The molecule has 0 unspecified atom stereocenters. The molecule has 7 heteroatoms. The fourth-order valence-electron chi connectivity index (χ4n) is 5.08. The highest BCUT2D eigenvalue weighted by Gasteiger charge is 2.43. The maximum atomic E-state index is 13.7. The Labute approximate surface area is 211 Å². The molecule has 2 heterocycles. The highest BCUT2D eigenvalue weighted by Crippen LogP contribution is 2.47. The molecule has 5 rings (SSSR count). The molecule has 1 aliphatic carbocycles. The van der Waals surface area contributed by atoms with Crippen LogP contribution in [0.3, 0.4) is 0 Å². The molecule has 0 fully saturated rings. The van der Waals surface area contributed by atoms with E-state index in [9.17, 15) is 9.59 Å². The number of thiazole rings is 1. The molecule has 5 nitrogen and oxygen atoms in total. The SMILES string of the molecule is CC1=C(C(=O)Nc2nc3ccc(Br)cc3s2)[C@@H](c2ccccc2C)C2=C(CC(C)(C)CC2=O)N1. The maximum Gasteiger partial charge on any atom is 0.256 e. The number of allylic oxidation sites excluding steroid dienone is 3. The number of anilines is 1. The zero-order valence-electron chi connectivity index (χ0n) is 19.6. The summed E-state index contributed by atoms with van der Waals surface area (Å²) in [6, 6.07) is 13.9. The zero-order chi connectivity index (χ0) is 24.2. The van der Waals surface area contributed by atoms with Crippen molar-refractivity contribution < 1.29 is 9.59 Å². The normalized spacial score (nSPS) is 19.8. The number of dihydropyridines is 1. The molecule has 0 spiro atoms. The molecular formula is C27H26BrN3O2S. The summed E-state index contributed by atoms with van der Waals surface area (Å²) in [7, 11) is 0. The number of benzene rings is 2. The second kappa shape index (κ2) is 8.47. The van der Waals surface area contributed by atoms with Crippen molar-refractivity contribution in [3.05, 3.63) is 80.6 Å². The number of Topliss-reactive ketones (excluding diaryl/α,β-unsaturated/α-hetero) is 1. The van der Waals surface area contributed by atoms with Crippen LogP contribution in [-0.4, -0.2) is 16.7 Å². The van der Waals surface area contributed by atoms with Gasteiger partial charge < -0.3 is 5.32 Å². The fraction of sp³-hybridized carbons (Fsp3) is 0.296. The van der Waals surface area contributed by atoms with E-state index in [2.05, 4.69) is 45.4 Å². The first kappa shape index (κ1) is 23.0. The van der Waals surface area contributed by atoms with E-state index in [1.165, 1.54) is 11.3 Å². The minimum absolute atomic E-state index is 0.106. The summed E-state index contributed by atoms with van der Waals surface area (Å²) in [5.74, 6) is -0.542. The first-order chi connectivity index (χ1) is 16.1. The Hall–Kier alpha value is -2.77. The number of nitrogens with one attached hydrogen (secondary N) is 2. The summed E-state index contributed by atoms with van der Waals surface area (Å²) in [4.78, 5) is 31.8. The van der Waals surface area contributed by atoms with Crippen molar-refractivity contribution in [2.45, 2.75) is 46.5 Å². The molecule has 1 aromatic heterocycles. The van der Waals surface area contributed by atoms with E-state index in [1.807, 2.05) is 56.3 Å². The number of carbonyl (C=O) groups excluding carboxylic acids is 2. The number of nitrogens with zero attached hydrogens (tertiary/aromatic N) is 1. The summed E-state index contributed by atoms with van der Waals surface area (Å²) < 4.78 is 1.96. The number of halogens is 1. The zero-order valence-corrected chi connectivity index (χ0v) is 22.0. The van der Waals surface area contributed by atoms with E-state index in [-0.39, 0.29) is 17.1 Å². The van der Waals surface area contributed by atoms with Crippen molar-refractivity contribution in [1.82, 2.24) is 10.3 Å². The first-order valence-corrected chi connectivity index (χ1v) is 12.9. The van der Waals surface area contributed by atoms with Crippen molar-refractivity contribution in [2.24, 2.45) is 5.41 Å². The highest BCUT2D eigenvalue weighted by atomic mass is 79.9. The second-order valence-corrected chi connectivity index (χ2v) is 11.8. The number of hydrogen-bond acceptors (Lipinski definition) is 5. The Kier molecular flexibility index (Phi) is 5.73. The van der Waals surface area contributed by atoms with Crippen molar-refractivity contribution in [3.8, 4) is 0 Å². The standard InChI is InChI=1S/C27H26BrN3O2S/c1-14-7-5-6-8-17(14)23-22(15(2)29-19-12-27(3,4)13-20(32)24(19)23)25(33)31-26-30-18-10-9-16(28)11-21(18)34-26/h5-11,23,29H,12-13H2,1-4H3,(H,30,31,33)/t23-/m1/s1. The van der Waals surface area contributed by atoms with Gasteiger partial charge in [0.15, 0.2) is 10.9 Å². The van der Waals surface area contributed by atoms with Crippen LogP contribution in [0.15, 0.2) is 69.5 Å². The van der Waals surface area contributed by atoms with Crippen LogP contribution in [0, 0.1) is 12.3 Å². The third-order valence-electron chi connectivity index (χ3n) is 6.55. The molecule has 174 valence electrons. The lowest BCUT2D eigenvalue weighted by Crippen LogP contribution is -2.39. The number of ketones is 1. The lowest BCUT2D eigenvalue weighted by atomic mass is 9.68. The van der Waals surface area contributed by atoms with Crippen molar-refractivity contribution in [3.63, 3.8) is 0 Å². The smallest absolute Gasteiger partial charge is 0.256 e. The molecule has 34 heavy (non-hydrogen) atoms. The largest absolute Gasteiger partial charge is 0.362 e. The monoisotopic (exact) mass is 535 g/mol. The van der Waals surface area contributed by atoms with Gasteiger partial charge in [-0.25, -0.2) is 4.98 Å². The van der Waals surface area contributed by atoms with Gasteiger partial charge >= 0.3 is 0 Å². The summed E-state index contributed by atoms with van der Waals surface area (Å²) in [6.45, 7) is 8.19. The van der Waals surface area contributed by atoms with Crippen LogP contribution in [0.5, 0.6) is 0 Å². The van der Waals surface area contributed by atoms with Gasteiger partial charge in [0.05, 0.1) is 10.2 Å². The average Bonchev–Trinajstić information content (AvgIpc) is 3.13. The number of aryl methyl sites for hydroxylation is 1. The Morgan fingerprint density at radius 1 is 1.18 bits per heavy atom. The number of carbonyl (C=O) groups is 2. The third-order valence-corrected chi connectivity index (χ3v) is 7.98. The van der Waals surface area contributed by atoms with Crippen LogP contribution >= 0.6 is 27.3 Å². The number of fused-ring (bicyclic) bond motifs is 1. The predicted octanol–water partition coefficient (Wildman–Crippen LogP) is 6.61. The molecule has 2 N–H and O–H groups in total. The number of aromatic nitrogens is 1. The molecule has 1 amide bonds. The van der Waals surface area contributed by atoms with Crippen LogP contribution < -0.4 is 10.6 Å². The van der Waals surface area contributed by atoms with Crippen LogP contribution in [0.1, 0.15) is 50.7 Å². The van der Waals surface area contributed by atoms with E-state index in [0.29, 0.717) is 17.1 Å². The summed E-state index contributed by atoms with van der Waals surface area (Å²) in [5.41, 5.74) is 5.77. The third kappa shape index (κ3) is 4.12. The second-order valence-electron chi connectivity index (χ2n) is 9.87. The molecular weight excluding hydrogens is 510 g/mol. The lowest BCUT2D eigenvalue weighted by molar-refractivity contribution is -0.118. The molecule has 0 saturated heterocycles. The van der Waals surface area contributed by atoms with Crippen LogP contribution in [0.2, 0.25) is 0 Å². The minimum atomic E-state index is -0.412. The lowest BCUT2D eigenvalue weighted by Gasteiger charge is -2.40. The fourth-order valence-corrected chi connectivity index (χ4v) is 6.49. The van der Waals surface area contributed by atoms with E-state index in [4.69, 9.17) is 0 Å². The molecule has 2 aliphatic rings. The molecule has 0 saturated carbocycles. The van der Waals surface area contributed by atoms with E-state index in [1.54, 1.807) is 0 Å². The number of rotatable bonds is 3. The molecule has 3 aromatic rings. The van der Waals surface area contributed by atoms with E-state index >= 15 is 0 Å². The average molecular weight is 536 g/mol. The Morgan fingerprint density at radius 3 is 2.71 bits per heavy atom. The van der Waals surface area contributed by atoms with Gasteiger partial charge in [-0.1, -0.05) is 65.4 Å². The van der Waals surface area contributed by atoms with Gasteiger partial charge in [0.2, 0.25) is 0 Å². The van der Waals surface area contributed by atoms with Gasteiger partial charge in [-0.15, -0.1) is 0 Å². The Bertz CT molecular complexity index is 1420. The van der Waals surface area contributed by atoms with Crippen LogP contribution in [0.25, 0.3) is 10.2 Å². The molecule has 1 aliphatic heterocycles. The topological polar surface area (TPSA) is 71.1 Å². The predicted molar refractivity (Wildman–Crippen MR) is 141 cm³/mol. The quantitative estimate of drug-likeness (QED) is 0.395. The first-order valence-electron chi connectivity index (χ1n) is 11.3. The van der Waals surface area contributed by atoms with Gasteiger partial charge in [-0.3, -0.25) is 14.9 Å². The van der Waals surface area contributed by atoms with Gasteiger partial charge in [0, 0.05) is 39.4 Å². The van der Waals surface area contributed by atoms with E-state index in [0.717, 1.165) is 49.2 Å². The Morgan fingerprint density at radius 2 is 1.94 bits per heavy atom. The van der Waals surface area contributed by atoms with Crippen LogP contribution in [0.4, 0.5) is 5.13 Å². The minimum Gasteiger partial charge on any atom is -0.362 e. The van der Waals surface area contributed by atoms with Gasteiger partial charge in [0.1, 0.15) is 0 Å². The summed E-state index contributed by atoms with van der Waals surface area (Å²) in [5, 5.41) is 6.99. The molecule has 2 aromatic carbocycles. The number of hydrogen-bond donors (Lipinski definition) is 2. The van der Waals surface area contributed by atoms with Crippen molar-refractivity contribution in [1.29, 1.82) is 0 Å². The maximum absolute atomic E-state index is 13.7. The highest BCUT2D eigenvalue weighted by molar-refractivity contribution is 9.10. The van der Waals surface area contributed by atoms with Crippen LogP contribution in [-0.2, 0) is 9.59 Å². The van der Waals surface area contributed by atoms with Gasteiger partial charge in [-0.2, -0.15) is 0 Å². The van der Waals surface area contributed by atoms with E-state index < -0.39 is 5.92 Å². The van der Waals surface area contributed by atoms with Crippen molar-refractivity contribution in [2.75, 3.05) is 5.32 Å². The molecule has 0 bridgehead atoms. The summed E-state index contributed by atoms with van der Waals surface area (Å²) >= 11 is 4.92. The molecule has 0 radical (unpaired) electrons.